The minimum absolute atomic E-state index is 0.576. The fourth-order valence-corrected chi connectivity index (χ4v) is 3.28. The van der Waals surface area contributed by atoms with Crippen molar-refractivity contribution in [3.05, 3.63) is 83.9 Å². The predicted octanol–water partition coefficient (Wildman–Crippen LogP) is 4.53. The van der Waals surface area contributed by atoms with E-state index in [9.17, 15) is 0 Å². The standard InChI is InChI=1S/C23H23N5O/c1-16-11-20(12-17-7-5-4-6-8-17)27-23(25-16)26-19-9-10-21(22(13-19)29-3)18-14-24-28(2)15-18/h4-11,13-15H,12H2,1-3H3,(H,25,26,27). The van der Waals surface area contributed by atoms with Gasteiger partial charge in [-0.15, -0.1) is 0 Å². The summed E-state index contributed by atoms with van der Waals surface area (Å²) in [4.78, 5) is 9.22. The number of aryl methyl sites for hydroxylation is 2. The molecule has 1 N–H and O–H groups in total. The largest absolute Gasteiger partial charge is 0.496 e. The first kappa shape index (κ1) is 18.7. The normalized spacial score (nSPS) is 10.7. The molecule has 0 saturated heterocycles. The molecule has 146 valence electrons. The van der Waals surface area contributed by atoms with Gasteiger partial charge in [0, 0.05) is 48.2 Å². The molecule has 0 amide bonds. The highest BCUT2D eigenvalue weighted by atomic mass is 16.5. The van der Waals surface area contributed by atoms with E-state index in [1.807, 2.05) is 68.8 Å². The lowest BCUT2D eigenvalue weighted by molar-refractivity contribution is 0.416. The Morgan fingerprint density at radius 3 is 2.59 bits per heavy atom. The number of hydrogen-bond donors (Lipinski definition) is 1. The number of rotatable bonds is 6. The molecule has 0 radical (unpaired) electrons. The molecule has 2 aromatic heterocycles. The molecule has 0 atom stereocenters. The van der Waals surface area contributed by atoms with Crippen LogP contribution in [-0.2, 0) is 13.5 Å². The van der Waals surface area contributed by atoms with Crippen LogP contribution in [0.25, 0.3) is 11.1 Å². The molecule has 0 bridgehead atoms. The van der Waals surface area contributed by atoms with E-state index >= 15 is 0 Å². The minimum atomic E-state index is 0.576. The molecular formula is C23H23N5O. The van der Waals surface area contributed by atoms with Crippen molar-refractivity contribution < 1.29 is 4.74 Å². The van der Waals surface area contributed by atoms with Crippen molar-refractivity contribution in [1.82, 2.24) is 19.7 Å². The number of nitrogens with one attached hydrogen (secondary N) is 1. The maximum Gasteiger partial charge on any atom is 0.227 e. The van der Waals surface area contributed by atoms with Crippen molar-refractivity contribution in [2.75, 3.05) is 12.4 Å². The quantitative estimate of drug-likeness (QED) is 0.528. The van der Waals surface area contributed by atoms with E-state index in [0.29, 0.717) is 5.95 Å². The minimum Gasteiger partial charge on any atom is -0.496 e. The van der Waals surface area contributed by atoms with Gasteiger partial charge in [-0.2, -0.15) is 5.10 Å². The molecule has 0 aliphatic rings. The summed E-state index contributed by atoms with van der Waals surface area (Å²) in [6.45, 7) is 1.98. The number of anilines is 2. The van der Waals surface area contributed by atoms with Crippen LogP contribution in [-0.4, -0.2) is 26.9 Å². The zero-order valence-electron chi connectivity index (χ0n) is 16.8. The third kappa shape index (κ3) is 4.43. The van der Waals surface area contributed by atoms with Gasteiger partial charge < -0.3 is 10.1 Å². The smallest absolute Gasteiger partial charge is 0.227 e. The van der Waals surface area contributed by atoms with Crippen molar-refractivity contribution in [2.45, 2.75) is 13.3 Å². The number of nitrogens with zero attached hydrogens (tertiary/aromatic N) is 4. The Labute approximate surface area is 170 Å². The Hall–Kier alpha value is -3.67. The molecule has 4 aromatic rings. The second-order valence-electron chi connectivity index (χ2n) is 6.93. The van der Waals surface area contributed by atoms with Crippen molar-refractivity contribution in [3.8, 4) is 16.9 Å². The highest BCUT2D eigenvalue weighted by Gasteiger charge is 2.10. The molecule has 4 rings (SSSR count). The van der Waals surface area contributed by atoms with E-state index in [1.54, 1.807) is 11.8 Å². The van der Waals surface area contributed by atoms with Crippen LogP contribution in [0.5, 0.6) is 5.75 Å². The monoisotopic (exact) mass is 385 g/mol. The van der Waals surface area contributed by atoms with Crippen LogP contribution in [0.2, 0.25) is 0 Å². The molecule has 29 heavy (non-hydrogen) atoms. The van der Waals surface area contributed by atoms with Crippen LogP contribution in [0.4, 0.5) is 11.6 Å². The summed E-state index contributed by atoms with van der Waals surface area (Å²) >= 11 is 0. The molecule has 2 heterocycles. The third-order valence-corrected chi connectivity index (χ3v) is 4.61. The number of benzene rings is 2. The molecule has 0 spiro atoms. The maximum absolute atomic E-state index is 5.60. The van der Waals surface area contributed by atoms with Gasteiger partial charge in [0.1, 0.15) is 5.75 Å². The second-order valence-corrected chi connectivity index (χ2v) is 6.93. The van der Waals surface area contributed by atoms with Gasteiger partial charge in [0.2, 0.25) is 5.95 Å². The molecular weight excluding hydrogens is 362 g/mol. The summed E-state index contributed by atoms with van der Waals surface area (Å²) in [6.07, 6.45) is 4.55. The van der Waals surface area contributed by atoms with E-state index in [-0.39, 0.29) is 0 Å². The zero-order valence-corrected chi connectivity index (χ0v) is 16.8. The van der Waals surface area contributed by atoms with Crippen LogP contribution in [0.15, 0.2) is 67.0 Å². The van der Waals surface area contributed by atoms with Gasteiger partial charge in [-0.3, -0.25) is 4.68 Å². The number of aromatic nitrogens is 4. The first-order valence-electron chi connectivity index (χ1n) is 9.43. The average Bonchev–Trinajstić information content (AvgIpc) is 3.14. The van der Waals surface area contributed by atoms with Gasteiger partial charge in [-0.05, 0) is 30.7 Å². The summed E-state index contributed by atoms with van der Waals surface area (Å²) < 4.78 is 7.37. The Morgan fingerprint density at radius 1 is 1.03 bits per heavy atom. The molecule has 0 aliphatic heterocycles. The lowest BCUT2D eigenvalue weighted by atomic mass is 10.1. The van der Waals surface area contributed by atoms with Crippen molar-refractivity contribution in [3.63, 3.8) is 0 Å². The predicted molar refractivity (Wildman–Crippen MR) is 114 cm³/mol. The topological polar surface area (TPSA) is 64.9 Å². The summed E-state index contributed by atoms with van der Waals surface area (Å²) in [5, 5.41) is 7.54. The number of hydrogen-bond acceptors (Lipinski definition) is 5. The number of ether oxygens (including phenoxy) is 1. The maximum atomic E-state index is 5.60. The SMILES string of the molecule is COc1cc(Nc2nc(C)cc(Cc3ccccc3)n2)ccc1-c1cnn(C)c1. The zero-order chi connectivity index (χ0) is 20.2. The Kier molecular flexibility index (Phi) is 5.24. The van der Waals surface area contributed by atoms with E-state index in [0.717, 1.165) is 40.4 Å². The molecule has 6 nitrogen and oxygen atoms in total. The highest BCUT2D eigenvalue weighted by Crippen LogP contribution is 2.32. The Bertz CT molecular complexity index is 1120. The molecule has 0 aliphatic carbocycles. The van der Waals surface area contributed by atoms with Crippen LogP contribution >= 0.6 is 0 Å². The first-order chi connectivity index (χ1) is 14.1. The lowest BCUT2D eigenvalue weighted by Crippen LogP contribution is -2.03. The van der Waals surface area contributed by atoms with Gasteiger partial charge in [-0.1, -0.05) is 30.3 Å². The van der Waals surface area contributed by atoms with Crippen LogP contribution in [0, 0.1) is 6.92 Å². The van der Waals surface area contributed by atoms with E-state index < -0.39 is 0 Å². The van der Waals surface area contributed by atoms with Gasteiger partial charge in [0.05, 0.1) is 19.0 Å². The van der Waals surface area contributed by atoms with Gasteiger partial charge >= 0.3 is 0 Å². The van der Waals surface area contributed by atoms with E-state index in [1.165, 1.54) is 5.56 Å². The molecule has 6 heteroatoms. The Morgan fingerprint density at radius 2 is 1.86 bits per heavy atom. The second kappa shape index (κ2) is 8.14. The molecule has 2 aromatic carbocycles. The molecule has 0 saturated carbocycles. The van der Waals surface area contributed by atoms with E-state index in [4.69, 9.17) is 4.74 Å². The van der Waals surface area contributed by atoms with Crippen molar-refractivity contribution >= 4 is 11.6 Å². The van der Waals surface area contributed by atoms with Crippen molar-refractivity contribution in [2.24, 2.45) is 7.05 Å². The fourth-order valence-electron chi connectivity index (χ4n) is 3.28. The van der Waals surface area contributed by atoms with Crippen LogP contribution < -0.4 is 10.1 Å². The van der Waals surface area contributed by atoms with Gasteiger partial charge in [0.15, 0.2) is 0 Å². The number of methoxy groups -OCH3 is 1. The highest BCUT2D eigenvalue weighted by molar-refractivity contribution is 5.73. The fraction of sp³-hybridized carbons (Fsp3) is 0.174. The molecule has 0 unspecified atom stereocenters. The van der Waals surface area contributed by atoms with Crippen LogP contribution in [0.3, 0.4) is 0 Å². The Balaban J connectivity index is 1.59. The average molecular weight is 385 g/mol. The summed E-state index contributed by atoms with van der Waals surface area (Å²) in [7, 11) is 3.56. The van der Waals surface area contributed by atoms with Crippen molar-refractivity contribution in [1.29, 1.82) is 0 Å². The van der Waals surface area contributed by atoms with Gasteiger partial charge in [0.25, 0.3) is 0 Å². The van der Waals surface area contributed by atoms with Gasteiger partial charge in [-0.25, -0.2) is 9.97 Å². The first-order valence-corrected chi connectivity index (χ1v) is 9.43. The summed E-state index contributed by atoms with van der Waals surface area (Å²) in [6, 6.07) is 18.3. The van der Waals surface area contributed by atoms with Crippen LogP contribution in [0.1, 0.15) is 17.0 Å². The third-order valence-electron chi connectivity index (χ3n) is 4.61. The molecule has 0 fully saturated rings. The summed E-state index contributed by atoms with van der Waals surface area (Å²) in [5.74, 6) is 1.34. The van der Waals surface area contributed by atoms with E-state index in [2.05, 4.69) is 32.5 Å². The summed E-state index contributed by atoms with van der Waals surface area (Å²) in [5.41, 5.74) is 5.98. The lowest BCUT2D eigenvalue weighted by Gasteiger charge is -2.12.